The van der Waals surface area contributed by atoms with Gasteiger partial charge in [-0.3, -0.25) is 14.9 Å². The number of hydroxylamine groups is 2. The van der Waals surface area contributed by atoms with E-state index in [-0.39, 0.29) is 23.6 Å². The molecule has 1 aromatic heterocycles. The molecule has 1 aromatic carbocycles. The van der Waals surface area contributed by atoms with Crippen molar-refractivity contribution in [2.75, 3.05) is 42.9 Å². The van der Waals surface area contributed by atoms with Gasteiger partial charge in [-0.25, -0.2) is 4.98 Å². The van der Waals surface area contributed by atoms with Crippen molar-refractivity contribution in [3.05, 3.63) is 46.1 Å². The van der Waals surface area contributed by atoms with E-state index in [0.29, 0.717) is 43.0 Å². The van der Waals surface area contributed by atoms with Gasteiger partial charge in [0, 0.05) is 54.5 Å². The molecule has 12 nitrogen and oxygen atoms in total. The summed E-state index contributed by atoms with van der Waals surface area (Å²) in [7, 11) is 0. The summed E-state index contributed by atoms with van der Waals surface area (Å²) in [5, 5.41) is 29.7. The Morgan fingerprint density at radius 1 is 1.11 bits per heavy atom. The molecule has 3 N–H and O–H groups in total. The third-order valence-corrected chi connectivity index (χ3v) is 7.44. The molecule has 1 amide bonds. The van der Waals surface area contributed by atoms with Crippen molar-refractivity contribution < 1.29 is 14.9 Å². The van der Waals surface area contributed by atoms with Gasteiger partial charge in [0.05, 0.1) is 4.92 Å². The van der Waals surface area contributed by atoms with Crippen molar-refractivity contribution in [3.8, 4) is 0 Å². The number of hydrogen-bond acceptors (Lipinski definition) is 10. The number of nitrogens with zero attached hydrogens (tertiary/aromatic N) is 6. The van der Waals surface area contributed by atoms with Crippen LogP contribution >= 0.6 is 0 Å². The summed E-state index contributed by atoms with van der Waals surface area (Å²) in [5.74, 6) is 0.375. The van der Waals surface area contributed by atoms with Crippen LogP contribution in [0.2, 0.25) is 0 Å². The molecule has 206 valence electrons. The van der Waals surface area contributed by atoms with Crippen LogP contribution in [0.1, 0.15) is 57.8 Å². The van der Waals surface area contributed by atoms with Crippen molar-refractivity contribution in [2.24, 2.45) is 0 Å². The minimum atomic E-state index is -0.458. The molecule has 2 fully saturated rings. The molecule has 12 heteroatoms. The predicted molar refractivity (Wildman–Crippen MR) is 145 cm³/mol. The number of piperazine rings is 1. The third-order valence-electron chi connectivity index (χ3n) is 7.44. The standard InChI is InChI=1S/C26H38N8O4/c1-6-31-11-13-32(14-12-31)22-21(33(36)37)17-27-24(30-22)29-19-9-7-18(8-10-19)23(35)28-20-15-25(2,3)34(38)26(4,5)16-20/h7-10,17,20,38H,6,11-16H2,1-5H3,(H,28,35)(H,27,29,30). The number of anilines is 3. The maximum absolute atomic E-state index is 12.9. The highest BCUT2D eigenvalue weighted by Crippen LogP contribution is 2.36. The van der Waals surface area contributed by atoms with Gasteiger partial charge in [-0.15, -0.1) is 0 Å². The van der Waals surface area contributed by atoms with Crippen molar-refractivity contribution in [3.63, 3.8) is 0 Å². The summed E-state index contributed by atoms with van der Waals surface area (Å²) in [4.78, 5) is 36.9. The number of likely N-dealkylation sites (N-methyl/N-ethyl adjacent to an activating group) is 1. The zero-order chi connectivity index (χ0) is 27.7. The maximum atomic E-state index is 12.9. The van der Waals surface area contributed by atoms with Gasteiger partial charge in [0.15, 0.2) is 0 Å². The Bertz CT molecular complexity index is 1140. The summed E-state index contributed by atoms with van der Waals surface area (Å²) in [6.45, 7) is 13.8. The first-order chi connectivity index (χ1) is 17.9. The van der Waals surface area contributed by atoms with Crippen molar-refractivity contribution in [2.45, 2.75) is 64.6 Å². The lowest BCUT2D eigenvalue weighted by Crippen LogP contribution is -2.62. The summed E-state index contributed by atoms with van der Waals surface area (Å²) in [5.41, 5.74) is 0.136. The topological polar surface area (TPSA) is 140 Å². The second kappa shape index (κ2) is 10.8. The Labute approximate surface area is 223 Å². The molecule has 0 bridgehead atoms. The number of piperidine rings is 1. The molecule has 0 aliphatic carbocycles. The van der Waals surface area contributed by atoms with E-state index in [1.807, 2.05) is 32.6 Å². The SMILES string of the molecule is CCN1CCN(c2nc(Nc3ccc(C(=O)NC4CC(C)(C)N(O)C(C)(C)C4)cc3)ncc2[N+](=O)[O-])CC1. The van der Waals surface area contributed by atoms with Crippen molar-refractivity contribution >= 4 is 29.0 Å². The molecule has 0 unspecified atom stereocenters. The largest absolute Gasteiger partial charge is 0.349 e. The third kappa shape index (κ3) is 6.03. The summed E-state index contributed by atoms with van der Waals surface area (Å²) in [6, 6.07) is 6.86. The number of rotatable bonds is 7. The van der Waals surface area contributed by atoms with Gasteiger partial charge in [0.1, 0.15) is 6.20 Å². The molecule has 2 aliphatic rings. The fourth-order valence-corrected chi connectivity index (χ4v) is 5.54. The molecule has 2 aromatic rings. The highest BCUT2D eigenvalue weighted by molar-refractivity contribution is 5.94. The second-order valence-corrected chi connectivity index (χ2v) is 11.3. The van der Waals surface area contributed by atoms with E-state index in [4.69, 9.17) is 0 Å². The fourth-order valence-electron chi connectivity index (χ4n) is 5.54. The minimum absolute atomic E-state index is 0.0696. The van der Waals surface area contributed by atoms with Crippen LogP contribution in [0.15, 0.2) is 30.5 Å². The summed E-state index contributed by atoms with van der Waals surface area (Å²) in [6.07, 6.45) is 2.50. The normalized spacial score (nSPS) is 20.2. The van der Waals surface area contributed by atoms with E-state index < -0.39 is 16.0 Å². The number of nitro groups is 1. The van der Waals surface area contributed by atoms with Crippen LogP contribution in [-0.4, -0.2) is 85.8 Å². The molecule has 3 heterocycles. The van der Waals surface area contributed by atoms with E-state index in [2.05, 4.69) is 32.4 Å². The van der Waals surface area contributed by atoms with Crippen LogP contribution in [0, 0.1) is 10.1 Å². The van der Waals surface area contributed by atoms with Crippen LogP contribution in [-0.2, 0) is 0 Å². The number of aromatic nitrogens is 2. The smallest absolute Gasteiger partial charge is 0.329 e. The molecular formula is C26H38N8O4. The van der Waals surface area contributed by atoms with Crippen LogP contribution in [0.25, 0.3) is 0 Å². The van der Waals surface area contributed by atoms with Gasteiger partial charge in [0.25, 0.3) is 5.91 Å². The molecule has 0 radical (unpaired) electrons. The predicted octanol–water partition coefficient (Wildman–Crippen LogP) is 3.41. The Balaban J connectivity index is 1.43. The van der Waals surface area contributed by atoms with Gasteiger partial charge in [-0.05, 0) is 71.3 Å². The monoisotopic (exact) mass is 526 g/mol. The molecule has 0 spiro atoms. The average molecular weight is 527 g/mol. The van der Waals surface area contributed by atoms with Crippen LogP contribution < -0.4 is 15.5 Å². The van der Waals surface area contributed by atoms with Gasteiger partial charge in [-0.2, -0.15) is 10.0 Å². The van der Waals surface area contributed by atoms with Crippen molar-refractivity contribution in [1.82, 2.24) is 25.2 Å². The van der Waals surface area contributed by atoms with Crippen LogP contribution in [0.4, 0.5) is 23.1 Å². The van der Waals surface area contributed by atoms with E-state index in [1.165, 1.54) is 11.3 Å². The van der Waals surface area contributed by atoms with E-state index in [0.717, 1.165) is 19.6 Å². The summed E-state index contributed by atoms with van der Waals surface area (Å²) >= 11 is 0. The van der Waals surface area contributed by atoms with E-state index in [9.17, 15) is 20.1 Å². The second-order valence-electron chi connectivity index (χ2n) is 11.3. The first-order valence-electron chi connectivity index (χ1n) is 13.1. The molecule has 0 saturated carbocycles. The van der Waals surface area contributed by atoms with Gasteiger partial charge in [0.2, 0.25) is 11.8 Å². The molecular weight excluding hydrogens is 488 g/mol. The average Bonchev–Trinajstić information content (AvgIpc) is 2.87. The number of carbonyl (C=O) groups is 1. The van der Waals surface area contributed by atoms with Crippen LogP contribution in [0.3, 0.4) is 0 Å². The molecule has 38 heavy (non-hydrogen) atoms. The quantitative estimate of drug-likeness (QED) is 0.363. The first kappa shape index (κ1) is 27.7. The maximum Gasteiger partial charge on any atom is 0.329 e. The van der Waals surface area contributed by atoms with E-state index >= 15 is 0 Å². The number of benzene rings is 1. The lowest BCUT2D eigenvalue weighted by atomic mass is 9.79. The molecule has 0 atom stereocenters. The highest BCUT2D eigenvalue weighted by Gasteiger charge is 2.45. The van der Waals surface area contributed by atoms with Gasteiger partial charge >= 0.3 is 5.69 Å². The fraction of sp³-hybridized carbons (Fsp3) is 0.577. The van der Waals surface area contributed by atoms with Gasteiger partial charge in [-0.1, -0.05) is 6.92 Å². The lowest BCUT2D eigenvalue weighted by molar-refractivity contribution is -0.384. The highest BCUT2D eigenvalue weighted by atomic mass is 16.6. The first-order valence-corrected chi connectivity index (χ1v) is 13.1. The number of hydrogen-bond donors (Lipinski definition) is 3. The zero-order valence-corrected chi connectivity index (χ0v) is 22.8. The van der Waals surface area contributed by atoms with Crippen molar-refractivity contribution in [1.29, 1.82) is 0 Å². The molecule has 2 saturated heterocycles. The molecule has 2 aliphatic heterocycles. The van der Waals surface area contributed by atoms with Crippen LogP contribution in [0.5, 0.6) is 0 Å². The van der Waals surface area contributed by atoms with Gasteiger partial charge < -0.3 is 25.6 Å². The summed E-state index contributed by atoms with van der Waals surface area (Å²) < 4.78 is 0. The molecule has 4 rings (SSSR count). The Hall–Kier alpha value is -3.35. The Morgan fingerprint density at radius 3 is 2.26 bits per heavy atom. The Kier molecular flexibility index (Phi) is 7.86. The zero-order valence-electron chi connectivity index (χ0n) is 22.8. The minimum Gasteiger partial charge on any atom is -0.349 e. The number of carbonyl (C=O) groups excluding carboxylic acids is 1. The number of amides is 1. The van der Waals surface area contributed by atoms with E-state index in [1.54, 1.807) is 24.3 Å². The number of nitrogens with one attached hydrogen (secondary N) is 2. The Morgan fingerprint density at radius 2 is 1.71 bits per heavy atom. The lowest BCUT2D eigenvalue weighted by Gasteiger charge is -2.51.